The topological polar surface area (TPSA) is 108 Å². The van der Waals surface area contributed by atoms with Crippen LogP contribution in [-0.2, 0) is 17.9 Å². The summed E-state index contributed by atoms with van der Waals surface area (Å²) in [7, 11) is 1.72. The average Bonchev–Trinajstić information content (AvgIpc) is 2.97. The van der Waals surface area contributed by atoms with E-state index < -0.39 is 30.3 Å². The predicted molar refractivity (Wildman–Crippen MR) is 97.6 cm³/mol. The summed E-state index contributed by atoms with van der Waals surface area (Å²) >= 11 is 0. The van der Waals surface area contributed by atoms with Crippen LogP contribution in [0.25, 0.3) is 0 Å². The number of imide groups is 1. The van der Waals surface area contributed by atoms with Crippen LogP contribution in [0.15, 0.2) is 36.4 Å². The Morgan fingerprint density at radius 3 is 2.79 bits per heavy atom. The van der Waals surface area contributed by atoms with Gasteiger partial charge in [0, 0.05) is 29.4 Å². The number of benzene rings is 2. The summed E-state index contributed by atoms with van der Waals surface area (Å²) in [5.41, 5.74) is 2.03. The van der Waals surface area contributed by atoms with E-state index in [0.29, 0.717) is 22.4 Å². The largest absolute Gasteiger partial charge is 0.488 e. The SMILES string of the molecule is CNc1ccc(F)c(COc2cccc3c2CN(CC(=O)NC(=O)O)C3=O)c1. The summed E-state index contributed by atoms with van der Waals surface area (Å²) in [5, 5.41) is 13.2. The molecule has 0 aliphatic carbocycles. The van der Waals surface area contributed by atoms with Crippen molar-refractivity contribution >= 4 is 23.6 Å². The molecule has 0 aromatic heterocycles. The highest BCUT2D eigenvalue weighted by Crippen LogP contribution is 2.31. The Labute approximate surface area is 159 Å². The van der Waals surface area contributed by atoms with Gasteiger partial charge in [-0.1, -0.05) is 6.07 Å². The summed E-state index contributed by atoms with van der Waals surface area (Å²) in [4.78, 5) is 35.9. The zero-order valence-corrected chi connectivity index (χ0v) is 15.0. The number of hydrogen-bond donors (Lipinski definition) is 3. The van der Waals surface area contributed by atoms with Crippen molar-refractivity contribution in [2.45, 2.75) is 13.2 Å². The highest BCUT2D eigenvalue weighted by atomic mass is 19.1. The van der Waals surface area contributed by atoms with Gasteiger partial charge in [-0.3, -0.25) is 14.9 Å². The third-order valence-corrected chi connectivity index (χ3v) is 4.30. The Balaban J connectivity index is 1.74. The second-order valence-electron chi connectivity index (χ2n) is 6.14. The molecular formula is C19H18FN3O5. The van der Waals surface area contributed by atoms with E-state index >= 15 is 0 Å². The first kappa shape index (κ1) is 19.2. The van der Waals surface area contributed by atoms with Gasteiger partial charge in [0.2, 0.25) is 5.91 Å². The average molecular weight is 387 g/mol. The van der Waals surface area contributed by atoms with Crippen LogP contribution in [0.2, 0.25) is 0 Å². The van der Waals surface area contributed by atoms with Crippen molar-refractivity contribution in [1.82, 2.24) is 10.2 Å². The van der Waals surface area contributed by atoms with Gasteiger partial charge in [-0.05, 0) is 30.3 Å². The molecule has 3 amide bonds. The van der Waals surface area contributed by atoms with Gasteiger partial charge in [0.05, 0.1) is 6.54 Å². The Hall–Kier alpha value is -3.62. The molecule has 0 spiro atoms. The molecule has 3 N–H and O–H groups in total. The maximum atomic E-state index is 14.0. The van der Waals surface area contributed by atoms with Crippen molar-refractivity contribution in [2.24, 2.45) is 0 Å². The minimum atomic E-state index is -1.48. The molecule has 0 bridgehead atoms. The number of amides is 3. The number of ether oxygens (including phenoxy) is 1. The minimum Gasteiger partial charge on any atom is -0.488 e. The molecule has 0 unspecified atom stereocenters. The Morgan fingerprint density at radius 2 is 2.07 bits per heavy atom. The molecule has 2 aromatic carbocycles. The normalized spacial score (nSPS) is 12.5. The second kappa shape index (κ2) is 7.95. The molecule has 28 heavy (non-hydrogen) atoms. The van der Waals surface area contributed by atoms with Crippen LogP contribution in [0, 0.1) is 5.82 Å². The first-order valence-corrected chi connectivity index (χ1v) is 8.42. The van der Waals surface area contributed by atoms with Crippen molar-refractivity contribution in [3.63, 3.8) is 0 Å². The molecule has 1 aliphatic heterocycles. The van der Waals surface area contributed by atoms with Crippen LogP contribution < -0.4 is 15.4 Å². The van der Waals surface area contributed by atoms with Crippen LogP contribution in [0.1, 0.15) is 21.5 Å². The molecule has 1 heterocycles. The quantitative estimate of drug-likeness (QED) is 0.701. The number of nitrogens with one attached hydrogen (secondary N) is 2. The number of carbonyl (C=O) groups excluding carboxylic acids is 2. The number of fused-ring (bicyclic) bond motifs is 1. The smallest absolute Gasteiger partial charge is 0.411 e. The fourth-order valence-electron chi connectivity index (χ4n) is 2.95. The summed E-state index contributed by atoms with van der Waals surface area (Å²) in [6.07, 6.45) is -1.48. The summed E-state index contributed by atoms with van der Waals surface area (Å²) in [6, 6.07) is 9.47. The number of nitrogens with zero attached hydrogens (tertiary/aromatic N) is 1. The fraction of sp³-hybridized carbons (Fsp3) is 0.211. The summed E-state index contributed by atoms with van der Waals surface area (Å²) < 4.78 is 19.7. The van der Waals surface area contributed by atoms with Gasteiger partial charge in [0.15, 0.2) is 0 Å². The zero-order chi connectivity index (χ0) is 20.3. The lowest BCUT2D eigenvalue weighted by Crippen LogP contribution is -2.39. The van der Waals surface area contributed by atoms with E-state index in [-0.39, 0.29) is 13.2 Å². The van der Waals surface area contributed by atoms with E-state index in [4.69, 9.17) is 9.84 Å². The molecule has 146 valence electrons. The first-order valence-electron chi connectivity index (χ1n) is 8.42. The molecule has 9 heteroatoms. The highest BCUT2D eigenvalue weighted by molar-refractivity contribution is 6.02. The molecule has 0 atom stereocenters. The number of hydrogen-bond acceptors (Lipinski definition) is 5. The zero-order valence-electron chi connectivity index (χ0n) is 15.0. The number of rotatable bonds is 6. The molecule has 0 saturated carbocycles. The van der Waals surface area contributed by atoms with Gasteiger partial charge in [0.1, 0.15) is 24.7 Å². The van der Waals surface area contributed by atoms with Crippen molar-refractivity contribution in [2.75, 3.05) is 18.9 Å². The van der Waals surface area contributed by atoms with E-state index in [1.54, 1.807) is 42.7 Å². The van der Waals surface area contributed by atoms with Gasteiger partial charge in [-0.15, -0.1) is 0 Å². The fourth-order valence-corrected chi connectivity index (χ4v) is 2.95. The lowest BCUT2D eigenvalue weighted by atomic mass is 10.1. The monoisotopic (exact) mass is 387 g/mol. The summed E-state index contributed by atoms with van der Waals surface area (Å²) in [5.74, 6) is -1.21. The molecule has 0 saturated heterocycles. The van der Waals surface area contributed by atoms with Crippen molar-refractivity contribution in [3.8, 4) is 5.75 Å². The van der Waals surface area contributed by atoms with Crippen LogP contribution in [-0.4, -0.2) is 41.5 Å². The van der Waals surface area contributed by atoms with Crippen LogP contribution in [0.5, 0.6) is 5.75 Å². The molecule has 0 fully saturated rings. The van der Waals surface area contributed by atoms with Gasteiger partial charge in [-0.25, -0.2) is 9.18 Å². The van der Waals surface area contributed by atoms with Gasteiger partial charge in [-0.2, -0.15) is 0 Å². The molecule has 2 aromatic rings. The lowest BCUT2D eigenvalue weighted by molar-refractivity contribution is -0.121. The molecular weight excluding hydrogens is 369 g/mol. The Bertz CT molecular complexity index is 947. The van der Waals surface area contributed by atoms with E-state index in [9.17, 15) is 18.8 Å². The van der Waals surface area contributed by atoms with Gasteiger partial charge in [0.25, 0.3) is 5.91 Å². The Kier molecular flexibility index (Phi) is 5.44. The maximum Gasteiger partial charge on any atom is 0.411 e. The minimum absolute atomic E-state index is 0.0362. The number of carbonyl (C=O) groups is 3. The lowest BCUT2D eigenvalue weighted by Gasteiger charge is -2.14. The van der Waals surface area contributed by atoms with Crippen molar-refractivity contribution in [1.29, 1.82) is 0 Å². The molecule has 8 nitrogen and oxygen atoms in total. The molecule has 0 radical (unpaired) electrons. The third kappa shape index (κ3) is 4.03. The van der Waals surface area contributed by atoms with Crippen molar-refractivity contribution < 1.29 is 28.6 Å². The molecule has 1 aliphatic rings. The van der Waals surface area contributed by atoms with E-state index in [1.807, 2.05) is 0 Å². The van der Waals surface area contributed by atoms with Gasteiger partial charge < -0.3 is 20.1 Å². The summed E-state index contributed by atoms with van der Waals surface area (Å²) in [6.45, 7) is -0.333. The number of anilines is 1. The number of halogens is 1. The second-order valence-corrected chi connectivity index (χ2v) is 6.14. The number of carboxylic acid groups (broad SMARTS) is 1. The first-order chi connectivity index (χ1) is 13.4. The molecule has 3 rings (SSSR count). The predicted octanol–water partition coefficient (Wildman–Crippen LogP) is 2.20. The Morgan fingerprint density at radius 1 is 1.29 bits per heavy atom. The van der Waals surface area contributed by atoms with Crippen LogP contribution >= 0.6 is 0 Å². The van der Waals surface area contributed by atoms with Crippen LogP contribution in [0.4, 0.5) is 14.9 Å². The third-order valence-electron chi connectivity index (χ3n) is 4.30. The van der Waals surface area contributed by atoms with Crippen molar-refractivity contribution in [3.05, 3.63) is 58.9 Å². The van der Waals surface area contributed by atoms with Gasteiger partial charge >= 0.3 is 6.09 Å². The van der Waals surface area contributed by atoms with E-state index in [0.717, 1.165) is 5.69 Å². The standard InChI is InChI=1S/C19H18FN3O5/c1-21-12-5-6-15(20)11(7-12)10-28-16-4-2-3-13-14(16)8-23(18(13)25)9-17(24)22-19(26)27/h2-7,21H,8-10H2,1H3,(H,22,24)(H,26,27). The maximum absolute atomic E-state index is 14.0. The van der Waals surface area contributed by atoms with Crippen LogP contribution in [0.3, 0.4) is 0 Å². The van der Waals surface area contributed by atoms with E-state index in [2.05, 4.69) is 5.32 Å². The van der Waals surface area contributed by atoms with E-state index in [1.165, 1.54) is 11.0 Å². The highest BCUT2D eigenvalue weighted by Gasteiger charge is 2.31.